The van der Waals surface area contributed by atoms with Gasteiger partial charge in [-0.25, -0.2) is 0 Å². The van der Waals surface area contributed by atoms with Crippen LogP contribution < -0.4 is 25.1 Å². The van der Waals surface area contributed by atoms with Crippen molar-refractivity contribution < 1.29 is 19.0 Å². The molecule has 8 nitrogen and oxygen atoms in total. The summed E-state index contributed by atoms with van der Waals surface area (Å²) < 4.78 is 18.4. The molecule has 2 aromatic heterocycles. The average Bonchev–Trinajstić information content (AvgIpc) is 3.37. The van der Waals surface area contributed by atoms with E-state index in [-0.39, 0.29) is 24.8 Å². The zero-order valence-electron chi connectivity index (χ0n) is 15.5. The van der Waals surface area contributed by atoms with Crippen LogP contribution in [-0.2, 0) is 0 Å². The van der Waals surface area contributed by atoms with Gasteiger partial charge in [0.2, 0.25) is 6.79 Å². The Morgan fingerprint density at radius 2 is 2.00 bits per heavy atom. The average molecular weight is 413 g/mol. The molecule has 2 aliphatic rings. The Balaban J connectivity index is 1.19. The number of carbonyl (C=O) groups is 1. The molecule has 0 spiro atoms. The standard InChI is InChI=1S/C20H19N3O5S/c24-18-10-15(23-7-8-29-20(23)22-18)19(25)21-12-1-3-13(4-2-12)28-14-5-6-16-17(9-14)27-11-26-16/h5-10,12-13H,1-4,11H2,(H,21,25). The summed E-state index contributed by atoms with van der Waals surface area (Å²) in [5, 5.41) is 4.85. The van der Waals surface area contributed by atoms with Crippen LogP contribution in [0.2, 0.25) is 0 Å². The molecular weight excluding hydrogens is 394 g/mol. The van der Waals surface area contributed by atoms with E-state index in [0.717, 1.165) is 37.2 Å². The Bertz CT molecular complexity index is 1120. The number of thiazole rings is 1. The number of ether oxygens (including phenoxy) is 3. The van der Waals surface area contributed by atoms with Gasteiger partial charge in [-0.05, 0) is 37.8 Å². The van der Waals surface area contributed by atoms with E-state index in [0.29, 0.717) is 16.4 Å². The van der Waals surface area contributed by atoms with Gasteiger partial charge in [0, 0.05) is 29.8 Å². The minimum Gasteiger partial charge on any atom is -0.490 e. The number of amides is 1. The molecular formula is C20H19N3O5S. The van der Waals surface area contributed by atoms with E-state index in [9.17, 15) is 9.59 Å². The van der Waals surface area contributed by atoms with Crippen molar-refractivity contribution in [3.8, 4) is 17.2 Å². The lowest BCUT2D eigenvalue weighted by molar-refractivity contribution is 0.0887. The highest BCUT2D eigenvalue weighted by Crippen LogP contribution is 2.36. The molecule has 1 aliphatic carbocycles. The Labute approximate surface area is 170 Å². The number of fused-ring (bicyclic) bond motifs is 2. The second-order valence-corrected chi connectivity index (χ2v) is 7.99. The van der Waals surface area contributed by atoms with Crippen LogP contribution in [0.15, 0.2) is 40.6 Å². The number of benzene rings is 1. The van der Waals surface area contributed by atoms with Gasteiger partial charge in [0.15, 0.2) is 16.5 Å². The molecule has 3 heterocycles. The number of hydrogen-bond donors (Lipinski definition) is 1. The van der Waals surface area contributed by atoms with Gasteiger partial charge in [-0.3, -0.25) is 14.0 Å². The highest BCUT2D eigenvalue weighted by Gasteiger charge is 2.25. The number of rotatable bonds is 4. The van der Waals surface area contributed by atoms with Crippen LogP contribution in [0.4, 0.5) is 0 Å². The topological polar surface area (TPSA) is 91.2 Å². The molecule has 1 amide bonds. The number of aromatic nitrogens is 2. The third kappa shape index (κ3) is 3.65. The first-order valence-electron chi connectivity index (χ1n) is 9.50. The van der Waals surface area contributed by atoms with Crippen LogP contribution in [0.5, 0.6) is 17.2 Å². The van der Waals surface area contributed by atoms with Crippen molar-refractivity contribution in [2.75, 3.05) is 6.79 Å². The van der Waals surface area contributed by atoms with E-state index in [4.69, 9.17) is 14.2 Å². The molecule has 3 aromatic rings. The molecule has 5 rings (SSSR count). The molecule has 1 aliphatic heterocycles. The van der Waals surface area contributed by atoms with Gasteiger partial charge in [0.1, 0.15) is 11.4 Å². The van der Waals surface area contributed by atoms with E-state index in [1.807, 2.05) is 18.2 Å². The molecule has 1 aromatic carbocycles. The predicted octanol–water partition coefficient (Wildman–Crippen LogP) is 2.60. The molecule has 1 saturated carbocycles. The number of nitrogens with zero attached hydrogens (tertiary/aromatic N) is 2. The maximum Gasteiger partial charge on any atom is 0.274 e. The smallest absolute Gasteiger partial charge is 0.274 e. The molecule has 1 fully saturated rings. The maximum absolute atomic E-state index is 12.7. The quantitative estimate of drug-likeness (QED) is 0.707. The van der Waals surface area contributed by atoms with Crippen molar-refractivity contribution in [2.45, 2.75) is 37.8 Å². The molecule has 0 atom stereocenters. The minimum atomic E-state index is -0.404. The van der Waals surface area contributed by atoms with Crippen molar-refractivity contribution >= 4 is 22.2 Å². The number of carbonyl (C=O) groups excluding carboxylic acids is 1. The highest BCUT2D eigenvalue weighted by atomic mass is 32.1. The fraction of sp³-hybridized carbons (Fsp3) is 0.350. The molecule has 29 heavy (non-hydrogen) atoms. The Morgan fingerprint density at radius 3 is 2.86 bits per heavy atom. The summed E-state index contributed by atoms with van der Waals surface area (Å²) in [7, 11) is 0. The van der Waals surface area contributed by atoms with Crippen molar-refractivity contribution in [1.29, 1.82) is 0 Å². The zero-order chi connectivity index (χ0) is 19.8. The lowest BCUT2D eigenvalue weighted by atomic mass is 9.93. The molecule has 0 bridgehead atoms. The van der Waals surface area contributed by atoms with Gasteiger partial charge in [-0.2, -0.15) is 4.98 Å². The predicted molar refractivity (Wildman–Crippen MR) is 106 cm³/mol. The van der Waals surface area contributed by atoms with Crippen LogP contribution in [0, 0.1) is 0 Å². The third-order valence-electron chi connectivity index (χ3n) is 5.20. The summed E-state index contributed by atoms with van der Waals surface area (Å²) in [6.45, 7) is 0.241. The normalized spacial score (nSPS) is 20.6. The summed E-state index contributed by atoms with van der Waals surface area (Å²) >= 11 is 1.33. The lowest BCUT2D eigenvalue weighted by Crippen LogP contribution is -2.40. The fourth-order valence-corrected chi connectivity index (χ4v) is 4.47. The Hall–Kier alpha value is -3.07. The van der Waals surface area contributed by atoms with Crippen molar-refractivity contribution in [3.05, 3.63) is 51.9 Å². The van der Waals surface area contributed by atoms with E-state index in [1.54, 1.807) is 16.0 Å². The Morgan fingerprint density at radius 1 is 1.17 bits per heavy atom. The van der Waals surface area contributed by atoms with Gasteiger partial charge in [-0.1, -0.05) is 0 Å². The van der Waals surface area contributed by atoms with Crippen LogP contribution in [0.1, 0.15) is 36.2 Å². The number of nitrogens with one attached hydrogen (secondary N) is 1. The fourth-order valence-electron chi connectivity index (χ4n) is 3.75. The highest BCUT2D eigenvalue weighted by molar-refractivity contribution is 7.15. The first-order valence-corrected chi connectivity index (χ1v) is 10.4. The Kier molecular flexibility index (Phi) is 4.59. The largest absolute Gasteiger partial charge is 0.490 e. The summed E-state index contributed by atoms with van der Waals surface area (Å²) in [5.74, 6) is 1.95. The van der Waals surface area contributed by atoms with Gasteiger partial charge in [0.25, 0.3) is 11.5 Å². The van der Waals surface area contributed by atoms with E-state index in [2.05, 4.69) is 10.3 Å². The number of hydrogen-bond acceptors (Lipinski definition) is 7. The first kappa shape index (κ1) is 18.0. The first-order chi connectivity index (χ1) is 14.2. The minimum absolute atomic E-state index is 0.0525. The SMILES string of the molecule is O=C(NC1CCC(Oc2ccc3c(c2)OCO3)CC1)c1cc(=O)nc2sccn12. The molecule has 0 unspecified atom stereocenters. The second kappa shape index (κ2) is 7.40. The van der Waals surface area contributed by atoms with E-state index < -0.39 is 5.56 Å². The second-order valence-electron chi connectivity index (χ2n) is 7.12. The van der Waals surface area contributed by atoms with Crippen molar-refractivity contribution in [3.63, 3.8) is 0 Å². The molecule has 0 saturated heterocycles. The maximum atomic E-state index is 12.7. The molecule has 9 heteroatoms. The molecule has 0 radical (unpaired) electrons. The van der Waals surface area contributed by atoms with Gasteiger partial charge < -0.3 is 19.5 Å². The van der Waals surface area contributed by atoms with Crippen molar-refractivity contribution in [2.24, 2.45) is 0 Å². The monoisotopic (exact) mass is 413 g/mol. The summed E-state index contributed by atoms with van der Waals surface area (Å²) in [4.78, 5) is 28.9. The summed E-state index contributed by atoms with van der Waals surface area (Å²) in [6, 6.07) is 6.92. The van der Waals surface area contributed by atoms with Gasteiger partial charge in [-0.15, -0.1) is 11.3 Å². The lowest BCUT2D eigenvalue weighted by Gasteiger charge is -2.29. The van der Waals surface area contributed by atoms with Crippen LogP contribution >= 0.6 is 11.3 Å². The van der Waals surface area contributed by atoms with Crippen LogP contribution in [-0.4, -0.2) is 34.2 Å². The zero-order valence-corrected chi connectivity index (χ0v) is 16.3. The molecule has 150 valence electrons. The van der Waals surface area contributed by atoms with Crippen LogP contribution in [0.3, 0.4) is 0 Å². The summed E-state index contributed by atoms with van der Waals surface area (Å²) in [6.07, 6.45) is 5.14. The van der Waals surface area contributed by atoms with Gasteiger partial charge >= 0.3 is 0 Å². The summed E-state index contributed by atoms with van der Waals surface area (Å²) in [5.41, 5.74) is -0.0848. The van der Waals surface area contributed by atoms with E-state index in [1.165, 1.54) is 17.4 Å². The molecule has 1 N–H and O–H groups in total. The van der Waals surface area contributed by atoms with Crippen LogP contribution in [0.25, 0.3) is 4.96 Å². The third-order valence-corrected chi connectivity index (χ3v) is 5.96. The van der Waals surface area contributed by atoms with E-state index >= 15 is 0 Å². The van der Waals surface area contributed by atoms with Gasteiger partial charge in [0.05, 0.1) is 6.10 Å². The van der Waals surface area contributed by atoms with Crippen molar-refractivity contribution in [1.82, 2.24) is 14.7 Å².